The highest BCUT2D eigenvalue weighted by atomic mass is 35.5. The van der Waals surface area contributed by atoms with Crippen LogP contribution in [0.15, 0.2) is 0 Å². The van der Waals surface area contributed by atoms with Crippen molar-refractivity contribution in [2.24, 2.45) is 17.3 Å². The average molecular weight is 302 g/mol. The molecule has 1 saturated heterocycles. The molecule has 1 aliphatic heterocycles. The molecule has 4 heteroatoms. The highest BCUT2D eigenvalue weighted by Gasteiger charge is 2.54. The molecule has 0 aromatic heterocycles. The molecule has 0 aromatic rings. The van der Waals surface area contributed by atoms with Crippen LogP contribution < -0.4 is 0 Å². The second kappa shape index (κ2) is 6.65. The predicted molar refractivity (Wildman–Crippen MR) is 82.3 cm³/mol. The number of hydrogen-bond acceptors (Lipinski definition) is 2. The third-order valence-corrected chi connectivity index (χ3v) is 5.93. The Morgan fingerprint density at radius 3 is 2.60 bits per heavy atom. The van der Waals surface area contributed by atoms with Gasteiger partial charge in [0.1, 0.15) is 0 Å². The van der Waals surface area contributed by atoms with E-state index in [0.29, 0.717) is 5.92 Å². The topological polar surface area (TPSA) is 40.5 Å². The van der Waals surface area contributed by atoms with E-state index >= 15 is 0 Å². The number of fused-ring (bicyclic) bond motifs is 1. The van der Waals surface area contributed by atoms with Crippen LogP contribution in [0, 0.1) is 17.3 Å². The molecule has 0 spiro atoms. The van der Waals surface area contributed by atoms with Crippen LogP contribution in [0.3, 0.4) is 0 Å². The number of likely N-dealkylation sites (tertiary alicyclic amines) is 1. The first-order chi connectivity index (χ1) is 9.21. The Kier molecular flexibility index (Phi) is 5.36. The fraction of sp³-hybridized carbons (Fsp3) is 0.938. The smallest absolute Gasteiger partial charge is 0.311 e. The van der Waals surface area contributed by atoms with Gasteiger partial charge in [0, 0.05) is 13.1 Å². The minimum atomic E-state index is -0.534. The molecule has 0 unspecified atom stereocenters. The summed E-state index contributed by atoms with van der Waals surface area (Å²) in [5.41, 5.74) is -0.382. The summed E-state index contributed by atoms with van der Waals surface area (Å²) in [5, 5.41) is 9.56. The average Bonchev–Trinajstić information content (AvgIpc) is 3.02. The molecular weight excluding hydrogens is 274 g/mol. The molecule has 0 bridgehead atoms. The number of nitrogens with zero attached hydrogens (tertiary/aromatic N) is 1. The van der Waals surface area contributed by atoms with Gasteiger partial charge in [0.2, 0.25) is 0 Å². The SMILES string of the molecule is Cl.O=C(O)[C@@]12CCC[C@H]1CN(CCCC1CCCC1)C2. The minimum Gasteiger partial charge on any atom is -0.481 e. The summed E-state index contributed by atoms with van der Waals surface area (Å²) in [6, 6.07) is 0. The van der Waals surface area contributed by atoms with Gasteiger partial charge in [-0.1, -0.05) is 32.1 Å². The molecule has 0 radical (unpaired) electrons. The van der Waals surface area contributed by atoms with Crippen LogP contribution in [0.1, 0.15) is 57.8 Å². The largest absolute Gasteiger partial charge is 0.481 e. The fourth-order valence-electron chi connectivity index (χ4n) is 4.82. The molecule has 1 heterocycles. The van der Waals surface area contributed by atoms with Gasteiger partial charge in [-0.2, -0.15) is 0 Å². The van der Waals surface area contributed by atoms with Gasteiger partial charge in [0.25, 0.3) is 0 Å². The molecule has 20 heavy (non-hydrogen) atoms. The fourth-order valence-corrected chi connectivity index (χ4v) is 4.82. The highest BCUT2D eigenvalue weighted by Crippen LogP contribution is 2.48. The van der Waals surface area contributed by atoms with Crippen molar-refractivity contribution in [1.82, 2.24) is 4.90 Å². The lowest BCUT2D eigenvalue weighted by Crippen LogP contribution is -2.35. The van der Waals surface area contributed by atoms with Crippen molar-refractivity contribution < 1.29 is 9.90 Å². The molecule has 3 rings (SSSR count). The highest BCUT2D eigenvalue weighted by molar-refractivity contribution is 5.85. The van der Waals surface area contributed by atoms with Crippen molar-refractivity contribution in [3.8, 4) is 0 Å². The van der Waals surface area contributed by atoms with E-state index in [1.54, 1.807) is 0 Å². The van der Waals surface area contributed by atoms with Gasteiger partial charge in [0.05, 0.1) is 5.41 Å². The van der Waals surface area contributed by atoms with Crippen LogP contribution >= 0.6 is 12.4 Å². The Labute approximate surface area is 128 Å². The summed E-state index contributed by atoms with van der Waals surface area (Å²) < 4.78 is 0. The normalized spacial score (nSPS) is 34.1. The second-order valence-corrected chi connectivity index (χ2v) is 7.08. The van der Waals surface area contributed by atoms with E-state index in [0.717, 1.165) is 44.8 Å². The molecule has 1 N–H and O–H groups in total. The maximum Gasteiger partial charge on any atom is 0.311 e. The van der Waals surface area contributed by atoms with Crippen molar-refractivity contribution in [2.75, 3.05) is 19.6 Å². The predicted octanol–water partition coefficient (Wildman–Crippen LogP) is 3.57. The van der Waals surface area contributed by atoms with Gasteiger partial charge < -0.3 is 10.0 Å². The molecule has 2 aliphatic carbocycles. The van der Waals surface area contributed by atoms with Gasteiger partial charge >= 0.3 is 5.97 Å². The first-order valence-electron chi connectivity index (χ1n) is 8.16. The third kappa shape index (κ3) is 2.99. The summed E-state index contributed by atoms with van der Waals surface area (Å²) in [5.74, 6) is 0.861. The number of carboxylic acids is 1. The molecule has 3 aliphatic rings. The van der Waals surface area contributed by atoms with Crippen molar-refractivity contribution in [1.29, 1.82) is 0 Å². The molecule has 3 nitrogen and oxygen atoms in total. The van der Waals surface area contributed by atoms with Crippen LogP contribution in [0.4, 0.5) is 0 Å². The first-order valence-corrected chi connectivity index (χ1v) is 8.16. The van der Waals surface area contributed by atoms with E-state index in [1.807, 2.05) is 0 Å². The van der Waals surface area contributed by atoms with Gasteiger partial charge in [-0.15, -0.1) is 12.4 Å². The van der Waals surface area contributed by atoms with E-state index in [-0.39, 0.29) is 17.8 Å². The van der Waals surface area contributed by atoms with E-state index in [1.165, 1.54) is 38.5 Å². The number of aliphatic carboxylic acids is 1. The van der Waals surface area contributed by atoms with E-state index in [2.05, 4.69) is 4.90 Å². The standard InChI is InChI=1S/C16H27NO2.ClH/c18-15(19)16-9-3-8-14(16)11-17(12-16)10-4-7-13-5-1-2-6-13;/h13-14H,1-12H2,(H,18,19);1H/t14-,16+;/m0./s1. The number of carbonyl (C=O) groups is 1. The molecule has 0 amide bonds. The Bertz CT molecular complexity index is 343. The molecule has 2 saturated carbocycles. The number of hydrogen-bond donors (Lipinski definition) is 1. The van der Waals surface area contributed by atoms with E-state index < -0.39 is 5.97 Å². The van der Waals surface area contributed by atoms with Gasteiger partial charge in [-0.25, -0.2) is 0 Å². The lowest BCUT2D eigenvalue weighted by molar-refractivity contribution is -0.149. The van der Waals surface area contributed by atoms with Gasteiger partial charge in [-0.05, 0) is 44.1 Å². The molecule has 2 atom stereocenters. The molecule has 3 fully saturated rings. The second-order valence-electron chi connectivity index (χ2n) is 7.08. The van der Waals surface area contributed by atoms with Crippen LogP contribution in [0.25, 0.3) is 0 Å². The first kappa shape index (κ1) is 16.1. The Hall–Kier alpha value is -0.280. The summed E-state index contributed by atoms with van der Waals surface area (Å²) in [4.78, 5) is 14.0. The third-order valence-electron chi connectivity index (χ3n) is 5.93. The summed E-state index contributed by atoms with van der Waals surface area (Å²) in [6.45, 7) is 2.98. The Morgan fingerprint density at radius 2 is 1.95 bits per heavy atom. The summed E-state index contributed by atoms with van der Waals surface area (Å²) in [7, 11) is 0. The van der Waals surface area contributed by atoms with Crippen molar-refractivity contribution >= 4 is 18.4 Å². The monoisotopic (exact) mass is 301 g/mol. The van der Waals surface area contributed by atoms with Gasteiger partial charge in [-0.3, -0.25) is 4.79 Å². The zero-order valence-corrected chi connectivity index (χ0v) is 13.2. The van der Waals surface area contributed by atoms with Crippen LogP contribution in [0.5, 0.6) is 0 Å². The quantitative estimate of drug-likeness (QED) is 0.844. The summed E-state index contributed by atoms with van der Waals surface area (Å²) in [6.07, 6.45) is 11.5. The van der Waals surface area contributed by atoms with Crippen LogP contribution in [0.2, 0.25) is 0 Å². The summed E-state index contributed by atoms with van der Waals surface area (Å²) >= 11 is 0. The molecule has 0 aromatic carbocycles. The Morgan fingerprint density at radius 1 is 1.20 bits per heavy atom. The molecule has 116 valence electrons. The van der Waals surface area contributed by atoms with Crippen molar-refractivity contribution in [3.63, 3.8) is 0 Å². The zero-order chi connectivity index (χ0) is 13.3. The van der Waals surface area contributed by atoms with Crippen LogP contribution in [-0.2, 0) is 4.79 Å². The Balaban J connectivity index is 0.00000147. The van der Waals surface area contributed by atoms with E-state index in [9.17, 15) is 9.90 Å². The lowest BCUT2D eigenvalue weighted by Gasteiger charge is -2.23. The van der Waals surface area contributed by atoms with Crippen molar-refractivity contribution in [3.05, 3.63) is 0 Å². The lowest BCUT2D eigenvalue weighted by atomic mass is 9.81. The van der Waals surface area contributed by atoms with E-state index in [4.69, 9.17) is 0 Å². The van der Waals surface area contributed by atoms with Crippen LogP contribution in [-0.4, -0.2) is 35.6 Å². The zero-order valence-electron chi connectivity index (χ0n) is 12.4. The maximum atomic E-state index is 11.6. The van der Waals surface area contributed by atoms with Gasteiger partial charge in [0.15, 0.2) is 0 Å². The number of rotatable bonds is 5. The number of halogens is 1. The molecular formula is C16H28ClNO2. The number of carboxylic acid groups (broad SMARTS) is 1. The minimum absolute atomic E-state index is 0. The van der Waals surface area contributed by atoms with Crippen molar-refractivity contribution in [2.45, 2.75) is 57.8 Å². The maximum absolute atomic E-state index is 11.6.